The van der Waals surface area contributed by atoms with Crippen molar-refractivity contribution in [3.63, 3.8) is 0 Å². The number of aryl methyl sites for hydroxylation is 1. The van der Waals surface area contributed by atoms with E-state index < -0.39 is 11.9 Å². The Hall–Kier alpha value is -1.88. The van der Waals surface area contributed by atoms with Crippen molar-refractivity contribution in [2.75, 3.05) is 19.6 Å². The molecule has 1 aromatic rings. The molecule has 1 aromatic carbocycles. The monoisotopic (exact) mass is 293 g/mol. The van der Waals surface area contributed by atoms with Gasteiger partial charge in [-0.25, -0.2) is 0 Å². The van der Waals surface area contributed by atoms with Gasteiger partial charge in [0.05, 0.1) is 6.42 Å². The van der Waals surface area contributed by atoms with E-state index in [4.69, 9.17) is 10.2 Å². The number of carboxylic acids is 2. The van der Waals surface area contributed by atoms with Crippen molar-refractivity contribution in [2.24, 2.45) is 0 Å². The van der Waals surface area contributed by atoms with Crippen molar-refractivity contribution in [2.45, 2.75) is 32.1 Å². The third-order valence-electron chi connectivity index (χ3n) is 3.29. The van der Waals surface area contributed by atoms with Gasteiger partial charge in [-0.1, -0.05) is 30.3 Å². The summed E-state index contributed by atoms with van der Waals surface area (Å²) >= 11 is 0. The smallest absolute Gasteiger partial charge is 0.304 e. The molecule has 0 saturated heterocycles. The molecule has 2 N–H and O–H groups in total. The Balaban J connectivity index is 2.32. The summed E-state index contributed by atoms with van der Waals surface area (Å²) in [5.74, 6) is -1.63. The molecule has 0 amide bonds. The first kappa shape index (κ1) is 17.2. The Kier molecular flexibility index (Phi) is 8.12. The van der Waals surface area contributed by atoms with Gasteiger partial charge in [0.15, 0.2) is 0 Å². The van der Waals surface area contributed by atoms with Crippen molar-refractivity contribution >= 4 is 11.9 Å². The minimum Gasteiger partial charge on any atom is -0.481 e. The first-order valence-corrected chi connectivity index (χ1v) is 7.28. The van der Waals surface area contributed by atoms with Crippen molar-refractivity contribution in [1.82, 2.24) is 4.90 Å². The molecule has 0 aliphatic carbocycles. The van der Waals surface area contributed by atoms with Crippen LogP contribution in [0.1, 0.15) is 31.2 Å². The molecule has 0 fully saturated rings. The summed E-state index contributed by atoms with van der Waals surface area (Å²) in [6.45, 7) is 1.90. The first-order chi connectivity index (χ1) is 10.1. The lowest BCUT2D eigenvalue weighted by atomic mass is 10.1. The van der Waals surface area contributed by atoms with Crippen LogP contribution < -0.4 is 0 Å². The number of benzene rings is 1. The summed E-state index contributed by atoms with van der Waals surface area (Å²) in [7, 11) is 0. The van der Waals surface area contributed by atoms with E-state index in [-0.39, 0.29) is 12.8 Å². The van der Waals surface area contributed by atoms with Crippen LogP contribution in [0.4, 0.5) is 0 Å². The molecule has 116 valence electrons. The van der Waals surface area contributed by atoms with Crippen LogP contribution in [0, 0.1) is 0 Å². The zero-order valence-corrected chi connectivity index (χ0v) is 12.2. The van der Waals surface area contributed by atoms with E-state index in [1.165, 1.54) is 5.56 Å². The molecule has 0 aromatic heterocycles. The van der Waals surface area contributed by atoms with Gasteiger partial charge >= 0.3 is 11.9 Å². The molecule has 0 atom stereocenters. The average Bonchev–Trinajstić information content (AvgIpc) is 2.45. The van der Waals surface area contributed by atoms with Gasteiger partial charge in [-0.05, 0) is 37.9 Å². The second kappa shape index (κ2) is 9.94. The molecule has 0 radical (unpaired) electrons. The third kappa shape index (κ3) is 8.81. The molecular weight excluding hydrogens is 270 g/mol. The topological polar surface area (TPSA) is 77.8 Å². The highest BCUT2D eigenvalue weighted by Gasteiger charge is 2.08. The molecule has 0 spiro atoms. The maximum atomic E-state index is 10.7. The van der Waals surface area contributed by atoms with Crippen molar-refractivity contribution < 1.29 is 19.8 Å². The summed E-state index contributed by atoms with van der Waals surface area (Å²) in [6, 6.07) is 10.1. The van der Waals surface area contributed by atoms with Crippen LogP contribution in [0.2, 0.25) is 0 Å². The lowest BCUT2D eigenvalue weighted by molar-refractivity contribution is -0.138. The van der Waals surface area contributed by atoms with Gasteiger partial charge in [-0.3, -0.25) is 9.59 Å². The molecule has 0 unspecified atom stereocenters. The van der Waals surface area contributed by atoms with Gasteiger partial charge in [0.25, 0.3) is 0 Å². The van der Waals surface area contributed by atoms with Crippen molar-refractivity contribution in [3.05, 3.63) is 35.9 Å². The van der Waals surface area contributed by atoms with E-state index in [0.29, 0.717) is 19.5 Å². The van der Waals surface area contributed by atoms with Crippen LogP contribution in [0.3, 0.4) is 0 Å². The number of carbonyl (C=O) groups is 2. The highest BCUT2D eigenvalue weighted by Crippen LogP contribution is 2.05. The van der Waals surface area contributed by atoms with Gasteiger partial charge < -0.3 is 15.1 Å². The van der Waals surface area contributed by atoms with Crippen LogP contribution in [0.25, 0.3) is 0 Å². The fourth-order valence-corrected chi connectivity index (χ4v) is 2.19. The number of aliphatic carboxylic acids is 2. The quantitative estimate of drug-likeness (QED) is 0.654. The minimum atomic E-state index is -0.818. The maximum Gasteiger partial charge on any atom is 0.304 e. The number of hydrogen-bond acceptors (Lipinski definition) is 3. The molecule has 0 aliphatic rings. The van der Waals surface area contributed by atoms with E-state index in [2.05, 4.69) is 12.1 Å². The molecule has 0 aliphatic heterocycles. The van der Waals surface area contributed by atoms with Crippen molar-refractivity contribution in [1.29, 1.82) is 0 Å². The minimum absolute atomic E-state index is 0.0956. The molecule has 0 heterocycles. The van der Waals surface area contributed by atoms with E-state index >= 15 is 0 Å². The summed E-state index contributed by atoms with van der Waals surface area (Å²) in [6.07, 6.45) is 2.67. The summed E-state index contributed by atoms with van der Waals surface area (Å²) in [5.41, 5.74) is 1.27. The Morgan fingerprint density at radius 3 is 2.10 bits per heavy atom. The Labute approximate surface area is 125 Å². The third-order valence-corrected chi connectivity index (χ3v) is 3.29. The number of nitrogens with zero attached hydrogens (tertiary/aromatic N) is 1. The van der Waals surface area contributed by atoms with Crippen molar-refractivity contribution in [3.8, 4) is 0 Å². The standard InChI is InChI=1S/C16H23NO4/c18-15(19)9-5-12-17(13-10-16(20)21)11-4-8-14-6-2-1-3-7-14/h1-3,6-7H,4-5,8-13H2,(H,18,19)(H,20,21). The first-order valence-electron chi connectivity index (χ1n) is 7.28. The molecular formula is C16H23NO4. The summed E-state index contributed by atoms with van der Waals surface area (Å²) in [4.78, 5) is 23.2. The molecule has 5 nitrogen and oxygen atoms in total. The molecule has 21 heavy (non-hydrogen) atoms. The van der Waals surface area contributed by atoms with Crippen LogP contribution in [0.5, 0.6) is 0 Å². The number of hydrogen-bond donors (Lipinski definition) is 2. The van der Waals surface area contributed by atoms with E-state index in [9.17, 15) is 9.59 Å². The normalized spacial score (nSPS) is 10.7. The van der Waals surface area contributed by atoms with Crippen LogP contribution >= 0.6 is 0 Å². The average molecular weight is 293 g/mol. The SMILES string of the molecule is O=C(O)CCCN(CCCc1ccccc1)CCC(=O)O. The number of carboxylic acid groups (broad SMARTS) is 2. The van der Waals surface area contributed by atoms with Gasteiger partial charge in [0.1, 0.15) is 0 Å². The van der Waals surface area contributed by atoms with Gasteiger partial charge in [-0.2, -0.15) is 0 Å². The fourth-order valence-electron chi connectivity index (χ4n) is 2.19. The molecule has 5 heteroatoms. The number of rotatable bonds is 11. The Bertz CT molecular complexity index is 433. The summed E-state index contributed by atoms with van der Waals surface area (Å²) in [5, 5.41) is 17.4. The predicted octanol–water partition coefficient (Wildman–Crippen LogP) is 2.26. The molecule has 0 bridgehead atoms. The second-order valence-corrected chi connectivity index (χ2v) is 5.07. The van der Waals surface area contributed by atoms with Gasteiger partial charge in [-0.15, -0.1) is 0 Å². The summed E-state index contributed by atoms with van der Waals surface area (Å²) < 4.78 is 0. The van der Waals surface area contributed by atoms with Gasteiger partial charge in [0.2, 0.25) is 0 Å². The Morgan fingerprint density at radius 2 is 1.48 bits per heavy atom. The van der Waals surface area contributed by atoms with E-state index in [1.54, 1.807) is 0 Å². The van der Waals surface area contributed by atoms with E-state index in [0.717, 1.165) is 19.4 Å². The zero-order chi connectivity index (χ0) is 15.5. The van der Waals surface area contributed by atoms with Crippen LogP contribution in [-0.2, 0) is 16.0 Å². The maximum absolute atomic E-state index is 10.7. The molecule has 1 rings (SSSR count). The van der Waals surface area contributed by atoms with Crippen LogP contribution in [0.15, 0.2) is 30.3 Å². The lowest BCUT2D eigenvalue weighted by Gasteiger charge is -2.21. The highest BCUT2D eigenvalue weighted by atomic mass is 16.4. The lowest BCUT2D eigenvalue weighted by Crippen LogP contribution is -2.29. The molecule has 0 saturated carbocycles. The second-order valence-electron chi connectivity index (χ2n) is 5.07. The highest BCUT2D eigenvalue weighted by molar-refractivity contribution is 5.67. The fraction of sp³-hybridized carbons (Fsp3) is 0.500. The largest absolute Gasteiger partial charge is 0.481 e. The van der Waals surface area contributed by atoms with E-state index in [1.807, 2.05) is 23.1 Å². The van der Waals surface area contributed by atoms with Crippen LogP contribution in [-0.4, -0.2) is 46.7 Å². The Morgan fingerprint density at radius 1 is 0.857 bits per heavy atom. The van der Waals surface area contributed by atoms with Gasteiger partial charge in [0, 0.05) is 13.0 Å². The predicted molar refractivity (Wildman–Crippen MR) is 80.3 cm³/mol. The zero-order valence-electron chi connectivity index (χ0n) is 12.2.